The molecule has 1 aliphatic carbocycles. The minimum atomic E-state index is 0.472. The van der Waals surface area contributed by atoms with Crippen molar-refractivity contribution >= 4 is 11.0 Å². The first-order chi connectivity index (χ1) is 9.53. The van der Waals surface area contributed by atoms with Crippen molar-refractivity contribution in [2.75, 3.05) is 0 Å². The van der Waals surface area contributed by atoms with E-state index in [1.807, 2.05) is 12.3 Å². The summed E-state index contributed by atoms with van der Waals surface area (Å²) in [4.78, 5) is 7.94. The lowest BCUT2D eigenvalue weighted by Crippen LogP contribution is -2.19. The molecule has 3 rings (SSSR count). The van der Waals surface area contributed by atoms with Gasteiger partial charge in [0, 0.05) is 12.4 Å². The first-order valence-corrected chi connectivity index (χ1v) is 7.95. The summed E-state index contributed by atoms with van der Waals surface area (Å²) in [5.41, 5.74) is 4.28. The number of H-pyrrole nitrogens is 1. The summed E-state index contributed by atoms with van der Waals surface area (Å²) in [6, 6.07) is 4.12. The van der Waals surface area contributed by atoms with Gasteiger partial charge in [0.15, 0.2) is 0 Å². The molecule has 0 spiro atoms. The average molecular weight is 270 g/mol. The van der Waals surface area contributed by atoms with Crippen molar-refractivity contribution in [1.82, 2.24) is 9.97 Å². The molecule has 2 aromatic rings. The molecule has 0 unspecified atom stereocenters. The predicted molar refractivity (Wildman–Crippen MR) is 84.9 cm³/mol. The number of aromatic amines is 1. The van der Waals surface area contributed by atoms with Crippen LogP contribution in [-0.2, 0) is 0 Å². The summed E-state index contributed by atoms with van der Waals surface area (Å²) in [7, 11) is 0. The van der Waals surface area contributed by atoms with E-state index in [0.29, 0.717) is 11.3 Å². The van der Waals surface area contributed by atoms with Crippen LogP contribution in [0.3, 0.4) is 0 Å². The molecule has 0 radical (unpaired) electrons. The average Bonchev–Trinajstić information content (AvgIpc) is 2.82. The number of aromatic nitrogens is 2. The van der Waals surface area contributed by atoms with Crippen molar-refractivity contribution in [2.24, 2.45) is 11.3 Å². The van der Waals surface area contributed by atoms with Crippen LogP contribution in [0.15, 0.2) is 24.5 Å². The van der Waals surface area contributed by atoms with Crippen molar-refractivity contribution in [1.29, 1.82) is 0 Å². The largest absolute Gasteiger partial charge is 0.360 e. The number of nitrogens with zero attached hydrogens (tertiary/aromatic N) is 1. The van der Waals surface area contributed by atoms with Gasteiger partial charge < -0.3 is 4.98 Å². The Hall–Kier alpha value is -1.31. The summed E-state index contributed by atoms with van der Waals surface area (Å²) in [6.07, 6.45) is 10.9. The third-order valence-corrected chi connectivity index (χ3v) is 4.65. The van der Waals surface area contributed by atoms with Gasteiger partial charge in [-0.05, 0) is 67.1 Å². The zero-order chi connectivity index (χ0) is 14.2. The summed E-state index contributed by atoms with van der Waals surface area (Å²) in [6.45, 7) is 7.09. The smallest absolute Gasteiger partial charge is 0.0913 e. The number of nitrogens with one attached hydrogen (secondary N) is 1. The fraction of sp³-hybridized carbons (Fsp3) is 0.611. The summed E-state index contributed by atoms with van der Waals surface area (Å²) >= 11 is 0. The summed E-state index contributed by atoms with van der Waals surface area (Å²) < 4.78 is 0. The lowest BCUT2D eigenvalue weighted by Gasteiger charge is -2.32. The quantitative estimate of drug-likeness (QED) is 0.791. The van der Waals surface area contributed by atoms with Crippen LogP contribution in [0.2, 0.25) is 0 Å². The van der Waals surface area contributed by atoms with E-state index in [9.17, 15) is 0 Å². The molecule has 1 N–H and O–H groups in total. The molecule has 1 saturated carbocycles. The van der Waals surface area contributed by atoms with Gasteiger partial charge in [0.2, 0.25) is 0 Å². The zero-order valence-electron chi connectivity index (χ0n) is 12.9. The molecule has 1 fully saturated rings. The van der Waals surface area contributed by atoms with Gasteiger partial charge in [0.1, 0.15) is 0 Å². The van der Waals surface area contributed by atoms with Gasteiger partial charge in [0.25, 0.3) is 0 Å². The normalized spacial score (nSPS) is 24.1. The maximum absolute atomic E-state index is 4.56. The Balaban J connectivity index is 1.69. The van der Waals surface area contributed by atoms with Gasteiger partial charge >= 0.3 is 0 Å². The van der Waals surface area contributed by atoms with Gasteiger partial charge in [-0.1, -0.05) is 20.8 Å². The SMILES string of the molecule is CC(C)(C)CC1CCC(c2c[nH]c3cccnc23)CC1. The lowest BCUT2D eigenvalue weighted by atomic mass is 9.73. The summed E-state index contributed by atoms with van der Waals surface area (Å²) in [5.74, 6) is 1.62. The Bertz CT molecular complexity index is 568. The van der Waals surface area contributed by atoms with Crippen molar-refractivity contribution in [2.45, 2.75) is 58.8 Å². The Morgan fingerprint density at radius 2 is 1.95 bits per heavy atom. The molecule has 2 heterocycles. The van der Waals surface area contributed by atoms with E-state index in [4.69, 9.17) is 0 Å². The molecule has 2 aromatic heterocycles. The molecule has 1 aliphatic rings. The van der Waals surface area contributed by atoms with Crippen LogP contribution in [0, 0.1) is 11.3 Å². The number of fused-ring (bicyclic) bond motifs is 1. The molecule has 0 amide bonds. The Morgan fingerprint density at radius 3 is 2.65 bits per heavy atom. The van der Waals surface area contributed by atoms with E-state index in [1.54, 1.807) is 0 Å². The van der Waals surface area contributed by atoms with E-state index in [-0.39, 0.29) is 0 Å². The molecule has 0 atom stereocenters. The maximum atomic E-state index is 4.56. The van der Waals surface area contributed by atoms with Gasteiger partial charge in [-0.3, -0.25) is 4.98 Å². The van der Waals surface area contributed by atoms with Crippen LogP contribution in [0.25, 0.3) is 11.0 Å². The summed E-state index contributed by atoms with van der Waals surface area (Å²) in [5, 5.41) is 0. The van der Waals surface area contributed by atoms with E-state index in [2.05, 4.69) is 43.0 Å². The molecule has 108 valence electrons. The number of hydrogen-bond acceptors (Lipinski definition) is 1. The van der Waals surface area contributed by atoms with Crippen molar-refractivity contribution in [3.8, 4) is 0 Å². The maximum Gasteiger partial charge on any atom is 0.0913 e. The molecule has 0 bridgehead atoms. The van der Waals surface area contributed by atoms with E-state index in [0.717, 1.165) is 5.92 Å². The lowest BCUT2D eigenvalue weighted by molar-refractivity contribution is 0.228. The van der Waals surface area contributed by atoms with Crippen LogP contribution < -0.4 is 0 Å². The Morgan fingerprint density at radius 1 is 1.20 bits per heavy atom. The van der Waals surface area contributed by atoms with E-state index in [1.165, 1.54) is 48.7 Å². The number of hydrogen-bond donors (Lipinski definition) is 1. The second kappa shape index (κ2) is 5.23. The van der Waals surface area contributed by atoms with Gasteiger partial charge in [-0.2, -0.15) is 0 Å². The van der Waals surface area contributed by atoms with Crippen molar-refractivity contribution in [3.63, 3.8) is 0 Å². The van der Waals surface area contributed by atoms with Crippen LogP contribution in [-0.4, -0.2) is 9.97 Å². The Labute approximate surface area is 122 Å². The van der Waals surface area contributed by atoms with Gasteiger partial charge in [-0.25, -0.2) is 0 Å². The standard InChI is InChI=1S/C18H26N2/c1-18(2,3)11-13-6-8-14(9-7-13)15-12-20-16-5-4-10-19-17(15)16/h4-5,10,12-14,20H,6-9,11H2,1-3H3. The van der Waals surface area contributed by atoms with Crippen LogP contribution in [0.1, 0.15) is 64.4 Å². The highest BCUT2D eigenvalue weighted by Crippen LogP contribution is 2.41. The first kappa shape index (κ1) is 13.7. The molecular weight excluding hydrogens is 244 g/mol. The number of pyridine rings is 1. The number of rotatable bonds is 2. The molecule has 2 nitrogen and oxygen atoms in total. The topological polar surface area (TPSA) is 28.7 Å². The monoisotopic (exact) mass is 270 g/mol. The molecule has 0 aliphatic heterocycles. The van der Waals surface area contributed by atoms with E-state index >= 15 is 0 Å². The molecular formula is C18H26N2. The van der Waals surface area contributed by atoms with Crippen LogP contribution in [0.5, 0.6) is 0 Å². The van der Waals surface area contributed by atoms with Crippen LogP contribution in [0.4, 0.5) is 0 Å². The third-order valence-electron chi connectivity index (χ3n) is 4.65. The first-order valence-electron chi connectivity index (χ1n) is 7.95. The van der Waals surface area contributed by atoms with Gasteiger partial charge in [-0.15, -0.1) is 0 Å². The molecule has 0 aromatic carbocycles. The second-order valence-corrected chi connectivity index (χ2v) is 7.63. The fourth-order valence-electron chi connectivity index (χ4n) is 3.83. The predicted octanol–water partition coefficient (Wildman–Crippen LogP) is 5.27. The highest BCUT2D eigenvalue weighted by Gasteiger charge is 2.27. The second-order valence-electron chi connectivity index (χ2n) is 7.63. The Kier molecular flexibility index (Phi) is 3.57. The van der Waals surface area contributed by atoms with Crippen LogP contribution >= 0.6 is 0 Å². The van der Waals surface area contributed by atoms with Crippen molar-refractivity contribution in [3.05, 3.63) is 30.1 Å². The third kappa shape index (κ3) is 2.89. The minimum Gasteiger partial charge on any atom is -0.360 e. The van der Waals surface area contributed by atoms with Gasteiger partial charge in [0.05, 0.1) is 11.0 Å². The minimum absolute atomic E-state index is 0.472. The molecule has 20 heavy (non-hydrogen) atoms. The van der Waals surface area contributed by atoms with E-state index < -0.39 is 0 Å². The highest BCUT2D eigenvalue weighted by molar-refractivity contribution is 5.79. The molecule has 0 saturated heterocycles. The molecule has 2 heteroatoms. The highest BCUT2D eigenvalue weighted by atomic mass is 14.8. The fourth-order valence-corrected chi connectivity index (χ4v) is 3.83. The van der Waals surface area contributed by atoms with Crippen molar-refractivity contribution < 1.29 is 0 Å². The zero-order valence-corrected chi connectivity index (χ0v) is 12.9.